The Kier molecular flexibility index (Phi) is 49.5. The lowest BCUT2D eigenvalue weighted by Crippen LogP contribution is -2.50. The molecule has 0 saturated carbocycles. The van der Waals surface area contributed by atoms with Gasteiger partial charge in [0.25, 0.3) is 0 Å². The molecule has 0 spiro atoms. The Morgan fingerprint density at radius 1 is 0.234 bits per heavy atom. The van der Waals surface area contributed by atoms with Gasteiger partial charge in [0.15, 0.2) is 0 Å². The molecule has 0 aliphatic carbocycles. The zero-order chi connectivity index (χ0) is 50.4. The molecule has 0 atom stereocenters. The van der Waals surface area contributed by atoms with E-state index in [1.54, 1.807) is 0 Å². The van der Waals surface area contributed by atoms with E-state index in [1.165, 1.54) is 111 Å². The van der Waals surface area contributed by atoms with Gasteiger partial charge in [-0.1, -0.05) is 89.5 Å². The minimum atomic E-state index is 0.689. The highest BCUT2D eigenvalue weighted by Crippen LogP contribution is 2.12. The van der Waals surface area contributed by atoms with Crippen molar-refractivity contribution >= 4 is 0 Å². The zero-order valence-corrected chi connectivity index (χ0v) is 49.2. The Morgan fingerprint density at radius 2 is 0.406 bits per heavy atom. The lowest BCUT2D eigenvalue weighted by molar-refractivity contribution is 0.0238. The van der Waals surface area contributed by atoms with Crippen LogP contribution in [0.4, 0.5) is 0 Å². The number of nitrogens with zero attached hydrogens (tertiary/aromatic N) is 7. The van der Waals surface area contributed by atoms with E-state index in [9.17, 15) is 0 Å². The topological polar surface area (TPSA) is 31.9 Å². The third-order valence-corrected chi connectivity index (χ3v) is 10.8. The maximum atomic E-state index is 5.21. The zero-order valence-electron chi connectivity index (χ0n) is 49.2. The largest absolute Gasteiger partial charge is 0.379 e. The molecule has 5 aliphatic heterocycles. The van der Waals surface area contributed by atoms with Gasteiger partial charge in [0, 0.05) is 102 Å². The van der Waals surface area contributed by atoms with Crippen molar-refractivity contribution in [3.8, 4) is 0 Å². The van der Waals surface area contributed by atoms with Gasteiger partial charge in [-0.3, -0.25) is 19.6 Å². The van der Waals surface area contributed by atoms with E-state index in [4.69, 9.17) is 4.74 Å². The van der Waals surface area contributed by atoms with Gasteiger partial charge >= 0.3 is 0 Å². The molecule has 392 valence electrons. The molecule has 0 amide bonds. The van der Waals surface area contributed by atoms with Gasteiger partial charge in [0.05, 0.1) is 13.2 Å². The van der Waals surface area contributed by atoms with Crippen molar-refractivity contribution in [3.05, 3.63) is 0 Å². The van der Waals surface area contributed by atoms with Crippen molar-refractivity contribution in [2.24, 2.45) is 23.7 Å². The highest BCUT2D eigenvalue weighted by Gasteiger charge is 2.20. The van der Waals surface area contributed by atoms with Crippen LogP contribution in [-0.4, -0.2) is 182 Å². The number of hydrogen-bond donors (Lipinski definition) is 0. The number of piperidine rings is 1. The van der Waals surface area contributed by atoms with Gasteiger partial charge in [-0.15, -0.1) is 0 Å². The summed E-state index contributed by atoms with van der Waals surface area (Å²) in [5.41, 5.74) is 0. The number of likely N-dealkylation sites (N-methyl/N-ethyl adjacent to an activating group) is 1. The second kappa shape index (κ2) is 45.1. The molecule has 0 aromatic rings. The molecule has 0 radical (unpaired) electrons. The standard InChI is InChI=1S/C10H22N2.C8H18N2.C8H17N.C7H15NO.C7H15N.4C4H10/c1-9(2)11-5-7-12(8-6-11)10(3)4;1-8(2)10-6-4-9(3)5-7-10;1-8(2)9-6-4-3-5-7-9;1-7(2)8-3-5-9-6-4-8;1-7(2)8-5-3-4-6-8;4*1-4(2)3/h9-10H,5-8H2,1-4H3;8H,4-7H2,1-3H3;8H,3-7H2,1-2H3;7H,3-6H2,1-2H3;7H,3-6H2,1-2H3;4*4H,1-3H3. The van der Waals surface area contributed by atoms with E-state index in [-0.39, 0.29) is 0 Å². The van der Waals surface area contributed by atoms with E-state index in [1.807, 2.05) is 0 Å². The quantitative estimate of drug-likeness (QED) is 0.261. The van der Waals surface area contributed by atoms with E-state index in [2.05, 4.69) is 208 Å². The third-order valence-electron chi connectivity index (χ3n) is 10.8. The van der Waals surface area contributed by atoms with E-state index in [0.29, 0.717) is 6.04 Å². The summed E-state index contributed by atoms with van der Waals surface area (Å²) in [6.45, 7) is 72.5. The number of hydrogen-bond acceptors (Lipinski definition) is 8. The number of morpholine rings is 1. The average Bonchev–Trinajstić information content (AvgIpc) is 3.75. The molecular weight excluding hydrogens is 787 g/mol. The number of likely N-dealkylation sites (tertiary alicyclic amines) is 2. The van der Waals surface area contributed by atoms with Crippen molar-refractivity contribution in [3.63, 3.8) is 0 Å². The summed E-state index contributed by atoms with van der Waals surface area (Å²) in [7, 11) is 2.19. The summed E-state index contributed by atoms with van der Waals surface area (Å²) in [6, 6.07) is 4.41. The first-order chi connectivity index (χ1) is 29.6. The Morgan fingerprint density at radius 3 is 0.594 bits per heavy atom. The summed E-state index contributed by atoms with van der Waals surface area (Å²) < 4.78 is 5.21. The molecule has 5 saturated heterocycles. The van der Waals surface area contributed by atoms with Crippen LogP contribution in [-0.2, 0) is 4.74 Å². The monoisotopic (exact) mass is 914 g/mol. The first-order valence-electron chi connectivity index (χ1n) is 27.4. The third kappa shape index (κ3) is 51.1. The predicted molar refractivity (Wildman–Crippen MR) is 294 cm³/mol. The molecule has 5 aliphatic rings. The Hall–Kier alpha value is -0.320. The lowest BCUT2D eigenvalue weighted by atomic mass is 10.1. The first-order valence-corrected chi connectivity index (χ1v) is 27.4. The predicted octanol–water partition coefficient (Wildman–Crippen LogP) is 12.8. The fourth-order valence-corrected chi connectivity index (χ4v) is 6.90. The van der Waals surface area contributed by atoms with Crippen molar-refractivity contribution in [1.29, 1.82) is 0 Å². The van der Waals surface area contributed by atoms with Crippen molar-refractivity contribution in [2.75, 3.05) is 112 Å². The molecular formula is C56H127N7O. The molecule has 5 fully saturated rings. The number of ether oxygens (including phenoxy) is 1. The van der Waals surface area contributed by atoms with Crippen LogP contribution in [0.3, 0.4) is 0 Å². The van der Waals surface area contributed by atoms with Crippen LogP contribution in [0.2, 0.25) is 0 Å². The highest BCUT2D eigenvalue weighted by atomic mass is 16.5. The molecule has 0 bridgehead atoms. The fourth-order valence-electron chi connectivity index (χ4n) is 6.90. The lowest BCUT2D eigenvalue weighted by Gasteiger charge is -2.38. The molecule has 0 unspecified atom stereocenters. The van der Waals surface area contributed by atoms with Crippen LogP contribution in [0.25, 0.3) is 0 Å². The van der Waals surface area contributed by atoms with Gasteiger partial charge in [-0.05, 0) is 166 Å². The van der Waals surface area contributed by atoms with Crippen molar-refractivity contribution in [1.82, 2.24) is 34.3 Å². The summed E-state index contributed by atoms with van der Waals surface area (Å²) in [5.74, 6) is 3.33. The number of rotatable bonds is 6. The van der Waals surface area contributed by atoms with E-state index in [0.717, 1.165) is 80.2 Å². The van der Waals surface area contributed by atoms with Gasteiger partial charge < -0.3 is 19.4 Å². The molecule has 0 aromatic carbocycles. The SMILES string of the molecule is CC(C)C.CC(C)C.CC(C)C.CC(C)C.CC(C)N1CCCC1.CC(C)N1CCCCC1.CC(C)N1CCN(C(C)C)CC1.CC(C)N1CCN(C)CC1.CC(C)N1CCOCC1. The normalized spacial score (nSPS) is 19.5. The van der Waals surface area contributed by atoms with Crippen LogP contribution < -0.4 is 0 Å². The number of piperazine rings is 2. The van der Waals surface area contributed by atoms with Gasteiger partial charge in [0.2, 0.25) is 0 Å². The van der Waals surface area contributed by atoms with Crippen molar-refractivity contribution < 1.29 is 4.74 Å². The van der Waals surface area contributed by atoms with E-state index < -0.39 is 0 Å². The van der Waals surface area contributed by atoms with Gasteiger partial charge in [-0.25, -0.2) is 0 Å². The molecule has 64 heavy (non-hydrogen) atoms. The van der Waals surface area contributed by atoms with Gasteiger partial charge in [0.1, 0.15) is 0 Å². The minimum absolute atomic E-state index is 0.689. The molecule has 0 N–H and O–H groups in total. The second-order valence-electron chi connectivity index (χ2n) is 23.4. The Balaban J connectivity index is -0.000000326. The second-order valence-corrected chi connectivity index (χ2v) is 23.4. The minimum Gasteiger partial charge on any atom is -0.379 e. The fraction of sp³-hybridized carbons (Fsp3) is 1.00. The summed E-state index contributed by atoms with van der Waals surface area (Å²) in [4.78, 5) is 17.5. The van der Waals surface area contributed by atoms with Crippen LogP contribution in [0.5, 0.6) is 0 Å². The first kappa shape index (κ1) is 70.2. The Bertz CT molecular complexity index is 816. The average molecular weight is 915 g/mol. The summed E-state index contributed by atoms with van der Waals surface area (Å²) in [6.07, 6.45) is 7.11. The summed E-state index contributed by atoms with van der Waals surface area (Å²) >= 11 is 0. The molecule has 0 aromatic heterocycles. The molecule has 5 rings (SSSR count). The maximum absolute atomic E-state index is 5.21. The Labute approximate surface area is 407 Å². The van der Waals surface area contributed by atoms with Crippen LogP contribution in [0.15, 0.2) is 0 Å². The van der Waals surface area contributed by atoms with Gasteiger partial charge in [-0.2, -0.15) is 0 Å². The molecule has 8 heteroatoms. The van der Waals surface area contributed by atoms with Crippen molar-refractivity contribution in [2.45, 2.75) is 235 Å². The summed E-state index contributed by atoms with van der Waals surface area (Å²) in [5, 5.41) is 0. The molecule has 8 nitrogen and oxygen atoms in total. The highest BCUT2D eigenvalue weighted by molar-refractivity contribution is 4.76. The van der Waals surface area contributed by atoms with Crippen LogP contribution in [0, 0.1) is 23.7 Å². The maximum Gasteiger partial charge on any atom is 0.0594 e. The molecule has 5 heterocycles. The van der Waals surface area contributed by atoms with E-state index >= 15 is 0 Å². The van der Waals surface area contributed by atoms with Crippen LogP contribution in [0.1, 0.15) is 198 Å². The smallest absolute Gasteiger partial charge is 0.0594 e. The van der Waals surface area contributed by atoms with Crippen LogP contribution >= 0.6 is 0 Å².